The van der Waals surface area contributed by atoms with Crippen LogP contribution in [0.5, 0.6) is 17.2 Å². The van der Waals surface area contributed by atoms with Gasteiger partial charge in [0.15, 0.2) is 11.5 Å². The predicted molar refractivity (Wildman–Crippen MR) is 136 cm³/mol. The van der Waals surface area contributed by atoms with Crippen LogP contribution in [-0.2, 0) is 14.3 Å². The fraction of sp³-hybridized carbons (Fsp3) is 0.214. The molecule has 0 unspecified atom stereocenters. The number of benzene rings is 3. The fourth-order valence-electron chi connectivity index (χ4n) is 3.61. The van der Waals surface area contributed by atoms with E-state index in [1.165, 1.54) is 18.2 Å². The molecule has 3 aromatic carbocycles. The lowest BCUT2D eigenvalue weighted by Crippen LogP contribution is -2.35. The minimum atomic E-state index is -0.466. The summed E-state index contributed by atoms with van der Waals surface area (Å²) in [6.07, 6.45) is 1.53. The van der Waals surface area contributed by atoms with Crippen LogP contribution >= 0.6 is 0 Å². The first kappa shape index (κ1) is 24.8. The van der Waals surface area contributed by atoms with E-state index in [0.29, 0.717) is 49.2 Å². The number of amides is 2. The maximum absolute atomic E-state index is 12.8. The highest BCUT2D eigenvalue weighted by molar-refractivity contribution is 6.31. The summed E-state index contributed by atoms with van der Waals surface area (Å²) in [5.41, 5.74) is 4.99. The minimum Gasteiger partial charge on any atom is -0.493 e. The van der Waals surface area contributed by atoms with Crippen molar-refractivity contribution in [1.82, 2.24) is 5.43 Å². The quantitative estimate of drug-likeness (QED) is 0.250. The molecule has 4 rings (SSSR count). The molecule has 8 nitrogen and oxygen atoms in total. The largest absolute Gasteiger partial charge is 0.493 e. The summed E-state index contributed by atoms with van der Waals surface area (Å²) in [6.45, 7) is 3.62. The van der Waals surface area contributed by atoms with E-state index in [0.717, 1.165) is 11.3 Å². The van der Waals surface area contributed by atoms with Crippen molar-refractivity contribution >= 4 is 23.6 Å². The van der Waals surface area contributed by atoms with Gasteiger partial charge in [-0.25, -0.2) is 5.01 Å². The molecule has 0 saturated carbocycles. The maximum atomic E-state index is 12.8. The van der Waals surface area contributed by atoms with Crippen LogP contribution in [-0.4, -0.2) is 45.4 Å². The molecule has 0 aromatic heterocycles. The van der Waals surface area contributed by atoms with Crippen LogP contribution in [0, 0.1) is 6.92 Å². The average Bonchev–Trinajstić information content (AvgIpc) is 3.17. The van der Waals surface area contributed by atoms with Gasteiger partial charge in [-0.1, -0.05) is 36.4 Å². The van der Waals surface area contributed by atoms with Crippen LogP contribution in [0.1, 0.15) is 11.1 Å². The number of hydrogen-bond acceptors (Lipinski definition) is 6. The molecule has 1 aliphatic heterocycles. The molecule has 2 amide bonds. The molecule has 0 bridgehead atoms. The van der Waals surface area contributed by atoms with Crippen molar-refractivity contribution in [2.24, 2.45) is 0 Å². The SMILES string of the molecule is COc1cc(C=C2C(=O)NN(c3ccccc3)C2=O)ccc1OCCOCCOc1cccc(C)c1. The van der Waals surface area contributed by atoms with Crippen LogP contribution in [0.15, 0.2) is 78.4 Å². The van der Waals surface area contributed by atoms with E-state index in [2.05, 4.69) is 5.43 Å². The van der Waals surface area contributed by atoms with Crippen molar-refractivity contribution < 1.29 is 28.5 Å². The number of nitrogens with one attached hydrogen (secondary N) is 1. The van der Waals surface area contributed by atoms with E-state index in [4.69, 9.17) is 18.9 Å². The summed E-state index contributed by atoms with van der Waals surface area (Å²) in [5, 5.41) is 1.23. The van der Waals surface area contributed by atoms with Gasteiger partial charge in [0.25, 0.3) is 11.8 Å². The fourth-order valence-corrected chi connectivity index (χ4v) is 3.61. The molecule has 0 spiro atoms. The van der Waals surface area contributed by atoms with Gasteiger partial charge in [0.05, 0.1) is 26.0 Å². The van der Waals surface area contributed by atoms with Gasteiger partial charge >= 0.3 is 0 Å². The van der Waals surface area contributed by atoms with Crippen LogP contribution in [0.2, 0.25) is 0 Å². The molecule has 1 saturated heterocycles. The van der Waals surface area contributed by atoms with E-state index in [1.54, 1.807) is 42.5 Å². The maximum Gasteiger partial charge on any atom is 0.282 e. The molecule has 0 radical (unpaired) electrons. The second-order valence-corrected chi connectivity index (χ2v) is 8.01. The summed E-state index contributed by atoms with van der Waals surface area (Å²) in [7, 11) is 1.53. The topological polar surface area (TPSA) is 86.3 Å². The number of hydrazine groups is 1. The van der Waals surface area contributed by atoms with Crippen LogP contribution in [0.4, 0.5) is 5.69 Å². The third kappa shape index (κ3) is 6.22. The van der Waals surface area contributed by atoms with Crippen molar-refractivity contribution in [2.75, 3.05) is 38.5 Å². The lowest BCUT2D eigenvalue weighted by molar-refractivity contribution is -0.117. The predicted octanol–water partition coefficient (Wildman–Crippen LogP) is 3.94. The first-order valence-corrected chi connectivity index (χ1v) is 11.6. The standard InChI is InChI=1S/C28H28N2O6/c1-20-7-6-10-23(17-20)35-15-13-34-14-16-36-25-12-11-21(19-26(25)33-2)18-24-27(31)29-30(28(24)32)22-8-4-3-5-9-22/h3-12,17-19H,13-16H2,1-2H3,(H,29,31). The Bertz CT molecular complexity index is 1240. The molecule has 1 N–H and O–H groups in total. The zero-order valence-electron chi connectivity index (χ0n) is 20.2. The van der Waals surface area contributed by atoms with E-state index in [-0.39, 0.29) is 5.57 Å². The highest BCUT2D eigenvalue weighted by Crippen LogP contribution is 2.30. The first-order valence-electron chi connectivity index (χ1n) is 11.6. The number of anilines is 1. The van der Waals surface area contributed by atoms with E-state index >= 15 is 0 Å². The summed E-state index contributed by atoms with van der Waals surface area (Å²) < 4.78 is 22.5. The Hall–Kier alpha value is -4.30. The number of para-hydroxylation sites is 1. The average molecular weight is 489 g/mol. The second-order valence-electron chi connectivity index (χ2n) is 8.01. The van der Waals surface area contributed by atoms with Gasteiger partial charge in [-0.3, -0.25) is 15.0 Å². The molecule has 0 aliphatic carbocycles. The number of hydrogen-bond donors (Lipinski definition) is 1. The van der Waals surface area contributed by atoms with Gasteiger partial charge in [-0.05, 0) is 60.5 Å². The number of carbonyl (C=O) groups excluding carboxylic acids is 2. The molecule has 8 heteroatoms. The second kappa shape index (κ2) is 11.9. The first-order chi connectivity index (χ1) is 17.5. The van der Waals surface area contributed by atoms with Gasteiger partial charge in [0, 0.05) is 0 Å². The van der Waals surface area contributed by atoms with E-state index < -0.39 is 11.8 Å². The Balaban J connectivity index is 1.28. The number of rotatable bonds is 11. The molecule has 1 heterocycles. The molecule has 1 aliphatic rings. The van der Waals surface area contributed by atoms with Gasteiger partial charge < -0.3 is 18.9 Å². The lowest BCUT2D eigenvalue weighted by Gasteiger charge is -2.14. The molecule has 1 fully saturated rings. The zero-order valence-corrected chi connectivity index (χ0v) is 20.2. The Kier molecular flexibility index (Phi) is 8.20. The molecule has 36 heavy (non-hydrogen) atoms. The number of carbonyl (C=O) groups is 2. The van der Waals surface area contributed by atoms with Crippen LogP contribution in [0.3, 0.4) is 0 Å². The zero-order chi connectivity index (χ0) is 25.3. The van der Waals surface area contributed by atoms with Gasteiger partial charge in [-0.15, -0.1) is 0 Å². The van der Waals surface area contributed by atoms with E-state index in [1.807, 2.05) is 37.3 Å². The van der Waals surface area contributed by atoms with Crippen molar-refractivity contribution in [3.05, 3.63) is 89.5 Å². The van der Waals surface area contributed by atoms with Crippen molar-refractivity contribution in [3.8, 4) is 17.2 Å². The Morgan fingerprint density at radius 3 is 2.36 bits per heavy atom. The molecular formula is C28H28N2O6. The third-order valence-corrected chi connectivity index (χ3v) is 5.38. The summed E-state index contributed by atoms with van der Waals surface area (Å²) in [4.78, 5) is 25.2. The number of methoxy groups -OCH3 is 1. The van der Waals surface area contributed by atoms with Crippen LogP contribution in [0.25, 0.3) is 6.08 Å². The van der Waals surface area contributed by atoms with Gasteiger partial charge in [-0.2, -0.15) is 0 Å². The highest BCUT2D eigenvalue weighted by atomic mass is 16.6. The highest BCUT2D eigenvalue weighted by Gasteiger charge is 2.34. The Morgan fingerprint density at radius 2 is 1.61 bits per heavy atom. The van der Waals surface area contributed by atoms with Crippen molar-refractivity contribution in [3.63, 3.8) is 0 Å². The molecule has 186 valence electrons. The monoisotopic (exact) mass is 488 g/mol. The Labute approximate surface area is 210 Å². The smallest absolute Gasteiger partial charge is 0.282 e. The van der Waals surface area contributed by atoms with Gasteiger partial charge in [0.1, 0.15) is 24.5 Å². The number of ether oxygens (including phenoxy) is 4. The van der Waals surface area contributed by atoms with E-state index in [9.17, 15) is 9.59 Å². The number of nitrogens with zero attached hydrogens (tertiary/aromatic N) is 1. The van der Waals surface area contributed by atoms with Crippen LogP contribution < -0.4 is 24.6 Å². The molecular weight excluding hydrogens is 460 g/mol. The third-order valence-electron chi connectivity index (χ3n) is 5.38. The summed E-state index contributed by atoms with van der Waals surface area (Å²) >= 11 is 0. The number of aryl methyl sites for hydroxylation is 1. The van der Waals surface area contributed by atoms with Crippen molar-refractivity contribution in [1.29, 1.82) is 0 Å². The molecule has 3 aromatic rings. The summed E-state index contributed by atoms with van der Waals surface area (Å²) in [6, 6.07) is 22.0. The normalized spacial score (nSPS) is 14.2. The Morgan fingerprint density at radius 1 is 0.833 bits per heavy atom. The van der Waals surface area contributed by atoms with Crippen molar-refractivity contribution in [2.45, 2.75) is 6.92 Å². The summed E-state index contributed by atoms with van der Waals surface area (Å²) in [5.74, 6) is 0.949. The lowest BCUT2D eigenvalue weighted by atomic mass is 10.1. The molecule has 0 atom stereocenters. The minimum absolute atomic E-state index is 0.0378. The van der Waals surface area contributed by atoms with Gasteiger partial charge in [0.2, 0.25) is 0 Å².